The summed E-state index contributed by atoms with van der Waals surface area (Å²) < 4.78 is 11.2. The number of nitrogens with one attached hydrogen (secondary N) is 2. The van der Waals surface area contributed by atoms with Crippen LogP contribution in [0.4, 0.5) is 17.1 Å². The molecule has 7 heteroatoms. The smallest absolute Gasteiger partial charge is 0.274 e. The fourth-order valence-electron chi connectivity index (χ4n) is 3.31. The zero-order valence-electron chi connectivity index (χ0n) is 16.0. The summed E-state index contributed by atoms with van der Waals surface area (Å²) in [5.74, 6) is 1.12. The number of benzene rings is 2. The van der Waals surface area contributed by atoms with Gasteiger partial charge in [-0.15, -0.1) is 0 Å². The summed E-state index contributed by atoms with van der Waals surface area (Å²) in [6.07, 6.45) is 3.30. The third kappa shape index (κ3) is 3.60. The second-order valence-electron chi connectivity index (χ2n) is 6.75. The van der Waals surface area contributed by atoms with E-state index in [0.29, 0.717) is 30.3 Å². The highest BCUT2D eigenvalue weighted by atomic mass is 16.6. The average molecular weight is 398 g/mol. The van der Waals surface area contributed by atoms with E-state index in [0.717, 1.165) is 28.0 Å². The van der Waals surface area contributed by atoms with Crippen molar-refractivity contribution in [2.75, 3.05) is 23.8 Å². The zero-order chi connectivity index (χ0) is 20.3. The number of nitrogens with zero attached hydrogens (tertiary/aromatic N) is 2. The van der Waals surface area contributed by atoms with Gasteiger partial charge in [0.15, 0.2) is 11.5 Å². The van der Waals surface area contributed by atoms with Crippen LogP contribution >= 0.6 is 0 Å². The van der Waals surface area contributed by atoms with Gasteiger partial charge in [-0.05, 0) is 36.4 Å². The van der Waals surface area contributed by atoms with Crippen LogP contribution in [0, 0.1) is 0 Å². The highest BCUT2D eigenvalue weighted by Crippen LogP contribution is 2.33. The minimum absolute atomic E-state index is 0.297. The van der Waals surface area contributed by atoms with Crippen LogP contribution in [0.5, 0.6) is 11.5 Å². The van der Waals surface area contributed by atoms with Crippen LogP contribution in [0.3, 0.4) is 0 Å². The Hall–Kier alpha value is -4.13. The Morgan fingerprint density at radius 1 is 0.833 bits per heavy atom. The van der Waals surface area contributed by atoms with Crippen molar-refractivity contribution in [2.24, 2.45) is 0 Å². The molecule has 0 radical (unpaired) electrons. The summed E-state index contributed by atoms with van der Waals surface area (Å²) in [6, 6.07) is 18.6. The van der Waals surface area contributed by atoms with Crippen molar-refractivity contribution in [1.29, 1.82) is 0 Å². The van der Waals surface area contributed by atoms with E-state index in [2.05, 4.69) is 20.6 Å². The second kappa shape index (κ2) is 7.71. The maximum atomic E-state index is 12.8. The number of rotatable bonds is 4. The SMILES string of the molecule is O=C(Nc1cccc2cccnc12)c1cc(Nc2ccc3c(c2)OCCO3)ccn1. The molecule has 0 fully saturated rings. The van der Waals surface area contributed by atoms with E-state index in [9.17, 15) is 4.79 Å². The molecule has 148 valence electrons. The number of anilines is 3. The maximum absolute atomic E-state index is 12.8. The molecule has 0 saturated heterocycles. The zero-order valence-corrected chi connectivity index (χ0v) is 16.0. The highest BCUT2D eigenvalue weighted by molar-refractivity contribution is 6.07. The molecule has 1 amide bonds. The maximum Gasteiger partial charge on any atom is 0.274 e. The van der Waals surface area contributed by atoms with Crippen LogP contribution in [-0.4, -0.2) is 29.1 Å². The molecule has 5 rings (SSSR count). The van der Waals surface area contributed by atoms with Crippen LogP contribution < -0.4 is 20.1 Å². The number of para-hydroxylation sites is 1. The largest absolute Gasteiger partial charge is 0.486 e. The first kappa shape index (κ1) is 17.9. The summed E-state index contributed by atoms with van der Waals surface area (Å²) in [4.78, 5) is 21.4. The molecule has 3 heterocycles. The highest BCUT2D eigenvalue weighted by Gasteiger charge is 2.13. The molecule has 4 aromatic rings. The Labute approximate surface area is 172 Å². The molecule has 1 aliphatic rings. The Morgan fingerprint density at radius 2 is 1.67 bits per heavy atom. The molecule has 2 aromatic heterocycles. The lowest BCUT2D eigenvalue weighted by Gasteiger charge is -2.19. The van der Waals surface area contributed by atoms with Crippen LogP contribution in [0.15, 0.2) is 73.1 Å². The molecule has 30 heavy (non-hydrogen) atoms. The number of carbonyl (C=O) groups is 1. The van der Waals surface area contributed by atoms with Crippen molar-refractivity contribution in [3.05, 3.63) is 78.8 Å². The van der Waals surface area contributed by atoms with E-state index < -0.39 is 0 Å². The Morgan fingerprint density at radius 3 is 2.60 bits per heavy atom. The first-order valence-corrected chi connectivity index (χ1v) is 9.54. The van der Waals surface area contributed by atoms with Crippen molar-refractivity contribution < 1.29 is 14.3 Å². The van der Waals surface area contributed by atoms with Gasteiger partial charge in [-0.2, -0.15) is 0 Å². The molecule has 0 saturated carbocycles. The number of aromatic nitrogens is 2. The predicted molar refractivity (Wildman–Crippen MR) is 115 cm³/mol. The summed E-state index contributed by atoms with van der Waals surface area (Å²) in [7, 11) is 0. The molecular formula is C23H18N4O3. The van der Waals surface area contributed by atoms with Crippen molar-refractivity contribution in [3.63, 3.8) is 0 Å². The van der Waals surface area contributed by atoms with Crippen LogP contribution in [0.2, 0.25) is 0 Å². The van der Waals surface area contributed by atoms with Gasteiger partial charge in [0.1, 0.15) is 18.9 Å². The first-order valence-electron chi connectivity index (χ1n) is 9.54. The molecular weight excluding hydrogens is 380 g/mol. The lowest BCUT2D eigenvalue weighted by Crippen LogP contribution is -2.15. The summed E-state index contributed by atoms with van der Waals surface area (Å²) in [5, 5.41) is 7.14. The van der Waals surface area contributed by atoms with Gasteiger partial charge >= 0.3 is 0 Å². The lowest BCUT2D eigenvalue weighted by molar-refractivity contribution is 0.102. The molecule has 2 aromatic carbocycles. The standard InChI is InChI=1S/C23H18N4O3/c28-23(27-18-5-1-3-15-4-2-9-25-22(15)18)19-13-17(8-10-24-19)26-16-6-7-20-21(14-16)30-12-11-29-20/h1-10,13-14H,11-12H2,(H,24,26)(H,27,28). The van der Waals surface area contributed by atoms with Gasteiger partial charge < -0.3 is 20.1 Å². The monoisotopic (exact) mass is 398 g/mol. The van der Waals surface area contributed by atoms with Gasteiger partial charge in [-0.1, -0.05) is 18.2 Å². The fraction of sp³-hybridized carbons (Fsp3) is 0.0870. The van der Waals surface area contributed by atoms with Crippen molar-refractivity contribution in [3.8, 4) is 11.5 Å². The normalized spacial score (nSPS) is 12.4. The third-order valence-corrected chi connectivity index (χ3v) is 4.70. The van der Waals surface area contributed by atoms with Gasteiger partial charge in [-0.25, -0.2) is 0 Å². The van der Waals surface area contributed by atoms with Gasteiger partial charge in [0, 0.05) is 35.2 Å². The molecule has 2 N–H and O–H groups in total. The van der Waals surface area contributed by atoms with Crippen LogP contribution in [-0.2, 0) is 0 Å². The average Bonchev–Trinajstić information content (AvgIpc) is 2.79. The Bertz CT molecular complexity index is 1240. The van der Waals surface area contributed by atoms with Gasteiger partial charge in [0.25, 0.3) is 5.91 Å². The first-order chi connectivity index (χ1) is 14.8. The number of fused-ring (bicyclic) bond motifs is 2. The van der Waals surface area contributed by atoms with E-state index in [4.69, 9.17) is 9.47 Å². The van der Waals surface area contributed by atoms with Gasteiger partial charge in [-0.3, -0.25) is 14.8 Å². The van der Waals surface area contributed by atoms with Gasteiger partial charge in [0.05, 0.1) is 11.2 Å². The molecule has 7 nitrogen and oxygen atoms in total. The summed E-state index contributed by atoms with van der Waals surface area (Å²) in [6.45, 7) is 1.08. The minimum atomic E-state index is -0.307. The molecule has 0 bridgehead atoms. The summed E-state index contributed by atoms with van der Waals surface area (Å²) in [5.41, 5.74) is 3.24. The third-order valence-electron chi connectivity index (χ3n) is 4.70. The molecule has 0 unspecified atom stereocenters. The van der Waals surface area contributed by atoms with Crippen LogP contribution in [0.1, 0.15) is 10.5 Å². The van der Waals surface area contributed by atoms with Crippen LogP contribution in [0.25, 0.3) is 10.9 Å². The predicted octanol–water partition coefficient (Wildman–Crippen LogP) is 4.40. The Kier molecular flexibility index (Phi) is 4.61. The van der Waals surface area contributed by atoms with Gasteiger partial charge in [0.2, 0.25) is 0 Å². The van der Waals surface area contributed by atoms with Crippen molar-refractivity contribution in [2.45, 2.75) is 0 Å². The quantitative estimate of drug-likeness (QED) is 0.530. The fourth-order valence-corrected chi connectivity index (χ4v) is 3.31. The molecule has 1 aliphatic heterocycles. The topological polar surface area (TPSA) is 85.4 Å². The van der Waals surface area contributed by atoms with Crippen molar-refractivity contribution >= 4 is 33.9 Å². The molecule has 0 atom stereocenters. The summed E-state index contributed by atoms with van der Waals surface area (Å²) >= 11 is 0. The number of ether oxygens (including phenoxy) is 2. The second-order valence-corrected chi connectivity index (χ2v) is 6.75. The minimum Gasteiger partial charge on any atom is -0.486 e. The van der Waals surface area contributed by atoms with E-state index in [-0.39, 0.29) is 5.91 Å². The molecule has 0 aliphatic carbocycles. The number of hydrogen-bond acceptors (Lipinski definition) is 6. The number of pyridine rings is 2. The van der Waals surface area contributed by atoms with E-state index in [1.54, 1.807) is 24.5 Å². The number of hydrogen-bond donors (Lipinski definition) is 2. The lowest BCUT2D eigenvalue weighted by atomic mass is 10.2. The molecule has 0 spiro atoms. The van der Waals surface area contributed by atoms with E-state index >= 15 is 0 Å². The number of carbonyl (C=O) groups excluding carboxylic acids is 1. The number of amides is 1. The van der Waals surface area contributed by atoms with Crippen molar-refractivity contribution in [1.82, 2.24) is 9.97 Å². The van der Waals surface area contributed by atoms with E-state index in [1.807, 2.05) is 48.5 Å². The Balaban J connectivity index is 1.36. The van der Waals surface area contributed by atoms with E-state index in [1.165, 1.54) is 0 Å².